The standard InChI is InChI=1S/C25H24N2O/c1-3-8-21(9-4-1)18-26-19-24-12-7-17-27(24)23-13-15-25(16-14-23)28-20-22-10-5-2-6-11-22/h1-17,26H,18-20H2. The highest BCUT2D eigenvalue weighted by Crippen LogP contribution is 2.19. The Bertz CT molecular complexity index is 976. The van der Waals surface area contributed by atoms with Gasteiger partial charge in [-0.1, -0.05) is 60.7 Å². The van der Waals surface area contributed by atoms with Crippen LogP contribution in [0.25, 0.3) is 5.69 Å². The molecule has 3 heteroatoms. The van der Waals surface area contributed by atoms with E-state index >= 15 is 0 Å². The van der Waals surface area contributed by atoms with E-state index in [9.17, 15) is 0 Å². The van der Waals surface area contributed by atoms with Crippen molar-refractivity contribution in [3.63, 3.8) is 0 Å². The third-order valence-electron chi connectivity index (χ3n) is 4.67. The summed E-state index contributed by atoms with van der Waals surface area (Å²) in [5, 5.41) is 3.52. The van der Waals surface area contributed by atoms with Gasteiger partial charge in [0.1, 0.15) is 12.4 Å². The first-order chi connectivity index (χ1) is 13.9. The van der Waals surface area contributed by atoms with E-state index in [0.717, 1.165) is 24.5 Å². The molecule has 0 amide bonds. The van der Waals surface area contributed by atoms with Crippen LogP contribution in [0.2, 0.25) is 0 Å². The summed E-state index contributed by atoms with van der Waals surface area (Å²) >= 11 is 0. The van der Waals surface area contributed by atoms with E-state index in [1.165, 1.54) is 16.8 Å². The third-order valence-corrected chi connectivity index (χ3v) is 4.67. The van der Waals surface area contributed by atoms with Gasteiger partial charge in [0.05, 0.1) is 0 Å². The van der Waals surface area contributed by atoms with Gasteiger partial charge in [0.15, 0.2) is 0 Å². The molecule has 0 radical (unpaired) electrons. The van der Waals surface area contributed by atoms with Gasteiger partial charge in [-0.15, -0.1) is 0 Å². The van der Waals surface area contributed by atoms with Crippen LogP contribution in [0.3, 0.4) is 0 Å². The quantitative estimate of drug-likeness (QED) is 0.454. The van der Waals surface area contributed by atoms with E-state index in [2.05, 4.69) is 76.7 Å². The van der Waals surface area contributed by atoms with Crippen LogP contribution >= 0.6 is 0 Å². The highest BCUT2D eigenvalue weighted by atomic mass is 16.5. The van der Waals surface area contributed by atoms with E-state index in [4.69, 9.17) is 4.74 Å². The maximum Gasteiger partial charge on any atom is 0.119 e. The lowest BCUT2D eigenvalue weighted by Crippen LogP contribution is -2.15. The second-order valence-corrected chi connectivity index (χ2v) is 6.73. The molecule has 0 bridgehead atoms. The van der Waals surface area contributed by atoms with Gasteiger partial charge in [0.2, 0.25) is 0 Å². The molecule has 0 spiro atoms. The zero-order chi connectivity index (χ0) is 19.0. The molecule has 4 aromatic rings. The Kier molecular flexibility index (Phi) is 5.86. The second kappa shape index (κ2) is 9.07. The number of nitrogens with zero attached hydrogens (tertiary/aromatic N) is 1. The molecule has 0 saturated heterocycles. The molecule has 4 rings (SSSR count). The minimum absolute atomic E-state index is 0.582. The lowest BCUT2D eigenvalue weighted by molar-refractivity contribution is 0.306. The first-order valence-electron chi connectivity index (χ1n) is 9.56. The van der Waals surface area contributed by atoms with E-state index in [0.29, 0.717) is 6.61 Å². The lowest BCUT2D eigenvalue weighted by Gasteiger charge is -2.12. The summed E-state index contributed by atoms with van der Waals surface area (Å²) in [6.07, 6.45) is 2.10. The third kappa shape index (κ3) is 4.70. The first-order valence-corrected chi connectivity index (χ1v) is 9.56. The molecule has 1 aromatic heterocycles. The van der Waals surface area contributed by atoms with Crippen LogP contribution in [0, 0.1) is 0 Å². The Morgan fingerprint density at radius 2 is 1.32 bits per heavy atom. The zero-order valence-electron chi connectivity index (χ0n) is 15.8. The fourth-order valence-corrected chi connectivity index (χ4v) is 3.19. The van der Waals surface area contributed by atoms with Gasteiger partial charge in [0, 0.05) is 30.7 Å². The summed E-state index contributed by atoms with van der Waals surface area (Å²) in [5.41, 5.74) is 4.83. The van der Waals surface area contributed by atoms with Crippen LogP contribution in [0.1, 0.15) is 16.8 Å². The Morgan fingerprint density at radius 3 is 2.04 bits per heavy atom. The van der Waals surface area contributed by atoms with Crippen molar-refractivity contribution in [3.8, 4) is 11.4 Å². The summed E-state index contributed by atoms with van der Waals surface area (Å²) in [6, 6.07) is 33.2. The van der Waals surface area contributed by atoms with E-state index < -0.39 is 0 Å². The highest BCUT2D eigenvalue weighted by molar-refractivity contribution is 5.39. The van der Waals surface area contributed by atoms with E-state index in [-0.39, 0.29) is 0 Å². The molecule has 1 heterocycles. The summed E-state index contributed by atoms with van der Waals surface area (Å²) < 4.78 is 8.09. The minimum Gasteiger partial charge on any atom is -0.489 e. The van der Waals surface area contributed by atoms with Gasteiger partial charge in [-0.3, -0.25) is 0 Å². The van der Waals surface area contributed by atoms with Crippen molar-refractivity contribution in [3.05, 3.63) is 120 Å². The molecule has 0 fully saturated rings. The molecule has 1 N–H and O–H groups in total. The molecule has 0 atom stereocenters. The number of hydrogen-bond acceptors (Lipinski definition) is 2. The van der Waals surface area contributed by atoms with Gasteiger partial charge in [-0.25, -0.2) is 0 Å². The predicted molar refractivity (Wildman–Crippen MR) is 114 cm³/mol. The van der Waals surface area contributed by atoms with Gasteiger partial charge in [-0.2, -0.15) is 0 Å². The van der Waals surface area contributed by atoms with Crippen LogP contribution in [0.5, 0.6) is 5.75 Å². The molecule has 3 aromatic carbocycles. The van der Waals surface area contributed by atoms with E-state index in [1.807, 2.05) is 36.4 Å². The number of ether oxygens (including phenoxy) is 1. The maximum absolute atomic E-state index is 5.89. The normalized spacial score (nSPS) is 10.7. The topological polar surface area (TPSA) is 26.2 Å². The van der Waals surface area contributed by atoms with Crippen molar-refractivity contribution in [2.24, 2.45) is 0 Å². The summed E-state index contributed by atoms with van der Waals surface area (Å²) in [7, 11) is 0. The average molecular weight is 368 g/mol. The van der Waals surface area contributed by atoms with Crippen LogP contribution < -0.4 is 10.1 Å². The molecular formula is C25H24N2O. The second-order valence-electron chi connectivity index (χ2n) is 6.73. The van der Waals surface area contributed by atoms with E-state index in [1.54, 1.807) is 0 Å². The van der Waals surface area contributed by atoms with Crippen LogP contribution in [-0.2, 0) is 19.7 Å². The Labute approximate surface area is 166 Å². The number of rotatable bonds is 8. The van der Waals surface area contributed by atoms with Crippen molar-refractivity contribution < 1.29 is 4.74 Å². The molecule has 0 unspecified atom stereocenters. The first kappa shape index (κ1) is 18.1. The zero-order valence-corrected chi connectivity index (χ0v) is 15.8. The van der Waals surface area contributed by atoms with Crippen LogP contribution in [0.4, 0.5) is 0 Å². The smallest absolute Gasteiger partial charge is 0.119 e. The summed E-state index contributed by atoms with van der Waals surface area (Å²) in [4.78, 5) is 0. The Balaban J connectivity index is 1.36. The minimum atomic E-state index is 0.582. The fraction of sp³-hybridized carbons (Fsp3) is 0.120. The van der Waals surface area contributed by atoms with Crippen LogP contribution in [0.15, 0.2) is 103 Å². The van der Waals surface area contributed by atoms with Crippen molar-refractivity contribution in [1.82, 2.24) is 9.88 Å². The van der Waals surface area contributed by atoms with Gasteiger partial charge >= 0.3 is 0 Å². The molecule has 0 aliphatic heterocycles. The molecule has 3 nitrogen and oxygen atoms in total. The molecule has 0 aliphatic rings. The monoisotopic (exact) mass is 368 g/mol. The molecule has 28 heavy (non-hydrogen) atoms. The Hall–Kier alpha value is -3.30. The molecule has 0 aliphatic carbocycles. The van der Waals surface area contributed by atoms with Crippen molar-refractivity contribution in [2.75, 3.05) is 0 Å². The van der Waals surface area contributed by atoms with Crippen LogP contribution in [-0.4, -0.2) is 4.57 Å². The predicted octanol–water partition coefficient (Wildman–Crippen LogP) is 5.35. The van der Waals surface area contributed by atoms with Crippen molar-refractivity contribution in [2.45, 2.75) is 19.7 Å². The largest absolute Gasteiger partial charge is 0.489 e. The SMILES string of the molecule is c1ccc(CNCc2cccn2-c2ccc(OCc3ccccc3)cc2)cc1. The lowest BCUT2D eigenvalue weighted by atomic mass is 10.2. The Morgan fingerprint density at radius 1 is 0.643 bits per heavy atom. The number of benzene rings is 3. The fourth-order valence-electron chi connectivity index (χ4n) is 3.19. The van der Waals surface area contributed by atoms with Crippen molar-refractivity contribution >= 4 is 0 Å². The van der Waals surface area contributed by atoms with Gasteiger partial charge in [-0.05, 0) is 47.5 Å². The number of nitrogens with one attached hydrogen (secondary N) is 1. The maximum atomic E-state index is 5.89. The van der Waals surface area contributed by atoms with Gasteiger partial charge in [0.25, 0.3) is 0 Å². The highest BCUT2D eigenvalue weighted by Gasteiger charge is 2.04. The molecular weight excluding hydrogens is 344 g/mol. The molecule has 140 valence electrons. The summed E-state index contributed by atoms with van der Waals surface area (Å²) in [5.74, 6) is 0.878. The van der Waals surface area contributed by atoms with Gasteiger partial charge < -0.3 is 14.6 Å². The van der Waals surface area contributed by atoms with Crippen molar-refractivity contribution in [1.29, 1.82) is 0 Å². The molecule has 0 saturated carbocycles. The average Bonchev–Trinajstić information content (AvgIpc) is 3.23. The number of hydrogen-bond donors (Lipinski definition) is 1. The summed E-state index contributed by atoms with van der Waals surface area (Å²) in [6.45, 7) is 2.25. The number of aromatic nitrogens is 1.